The van der Waals surface area contributed by atoms with Gasteiger partial charge >= 0.3 is 0 Å². The van der Waals surface area contributed by atoms with E-state index in [1.807, 2.05) is 30.7 Å². The highest BCUT2D eigenvalue weighted by atomic mass is 19.1. The molecule has 1 aliphatic heterocycles. The van der Waals surface area contributed by atoms with Crippen molar-refractivity contribution in [1.29, 1.82) is 0 Å². The zero-order valence-corrected chi connectivity index (χ0v) is 13.6. The van der Waals surface area contributed by atoms with Crippen LogP contribution in [-0.2, 0) is 0 Å². The molecule has 0 bridgehead atoms. The molecule has 126 valence electrons. The van der Waals surface area contributed by atoms with Crippen LogP contribution in [0.3, 0.4) is 0 Å². The molecule has 4 aromatic rings. The second-order valence-electron chi connectivity index (χ2n) is 6.46. The smallest absolute Gasteiger partial charge is 0.181 e. The number of nitrogens with one attached hydrogen (secondary N) is 1. The lowest BCUT2D eigenvalue weighted by Crippen LogP contribution is -2.26. The molecular formula is C18H17FN6. The maximum atomic E-state index is 14.6. The van der Waals surface area contributed by atoms with Crippen molar-refractivity contribution in [3.05, 3.63) is 54.5 Å². The zero-order chi connectivity index (χ0) is 16.8. The lowest BCUT2D eigenvalue weighted by molar-refractivity contribution is 0.454. The van der Waals surface area contributed by atoms with E-state index in [2.05, 4.69) is 20.4 Å². The van der Waals surface area contributed by atoms with E-state index in [0.717, 1.165) is 37.1 Å². The summed E-state index contributed by atoms with van der Waals surface area (Å²) in [5.41, 5.74) is 2.86. The second kappa shape index (κ2) is 5.63. The Morgan fingerprint density at radius 2 is 2.08 bits per heavy atom. The molecule has 0 radical (unpaired) electrons. The molecule has 1 saturated heterocycles. The summed E-state index contributed by atoms with van der Waals surface area (Å²) in [5, 5.41) is 7.79. The van der Waals surface area contributed by atoms with Gasteiger partial charge in [-0.3, -0.25) is 0 Å². The van der Waals surface area contributed by atoms with E-state index in [4.69, 9.17) is 0 Å². The third-order valence-corrected chi connectivity index (χ3v) is 4.82. The first kappa shape index (κ1) is 14.5. The van der Waals surface area contributed by atoms with Gasteiger partial charge in [0, 0.05) is 30.1 Å². The molecule has 7 heteroatoms. The number of piperidine rings is 1. The topological polar surface area (TPSA) is 59.5 Å². The van der Waals surface area contributed by atoms with Crippen LogP contribution in [-0.4, -0.2) is 37.1 Å². The number of imidazole rings is 1. The highest BCUT2D eigenvalue weighted by Gasteiger charge is 2.20. The summed E-state index contributed by atoms with van der Waals surface area (Å²) in [7, 11) is 0. The van der Waals surface area contributed by atoms with Gasteiger partial charge in [-0.2, -0.15) is 0 Å². The predicted octanol–water partition coefficient (Wildman–Crippen LogP) is 2.65. The Bertz CT molecular complexity index is 1060. The Morgan fingerprint density at radius 3 is 2.96 bits per heavy atom. The van der Waals surface area contributed by atoms with Crippen LogP contribution < -0.4 is 5.32 Å². The molecule has 1 aliphatic rings. The van der Waals surface area contributed by atoms with Gasteiger partial charge < -0.3 is 9.72 Å². The molecule has 4 aromatic heterocycles. The van der Waals surface area contributed by atoms with Gasteiger partial charge in [-0.25, -0.2) is 18.9 Å². The van der Waals surface area contributed by atoms with Crippen LogP contribution in [0.25, 0.3) is 22.6 Å². The summed E-state index contributed by atoms with van der Waals surface area (Å²) >= 11 is 0. The number of pyridine rings is 1. The Morgan fingerprint density at radius 1 is 1.20 bits per heavy atom. The first-order valence-electron chi connectivity index (χ1n) is 8.47. The average Bonchev–Trinajstić information content (AvgIpc) is 3.28. The molecule has 0 amide bonds. The largest absolute Gasteiger partial charge is 0.317 e. The summed E-state index contributed by atoms with van der Waals surface area (Å²) in [6.07, 6.45) is 9.44. The first-order valence-corrected chi connectivity index (χ1v) is 8.47. The molecule has 6 nitrogen and oxygen atoms in total. The zero-order valence-electron chi connectivity index (χ0n) is 13.6. The van der Waals surface area contributed by atoms with Gasteiger partial charge in [0.15, 0.2) is 17.3 Å². The van der Waals surface area contributed by atoms with Gasteiger partial charge in [0.1, 0.15) is 0 Å². The van der Waals surface area contributed by atoms with Crippen LogP contribution in [0.4, 0.5) is 4.39 Å². The van der Waals surface area contributed by atoms with Crippen molar-refractivity contribution in [3.8, 4) is 11.4 Å². The molecule has 25 heavy (non-hydrogen) atoms. The number of hydrogen-bond donors (Lipinski definition) is 1. The van der Waals surface area contributed by atoms with Crippen molar-refractivity contribution in [3.63, 3.8) is 0 Å². The summed E-state index contributed by atoms with van der Waals surface area (Å²) in [6, 6.07) is 5.28. The minimum Gasteiger partial charge on any atom is -0.317 e. The lowest BCUT2D eigenvalue weighted by atomic mass is 9.95. The molecule has 0 unspecified atom stereocenters. The minimum absolute atomic E-state index is 0.353. The number of nitrogens with zero attached hydrogens (tertiary/aromatic N) is 5. The molecule has 5 heterocycles. The van der Waals surface area contributed by atoms with E-state index in [-0.39, 0.29) is 5.82 Å². The van der Waals surface area contributed by atoms with E-state index in [0.29, 0.717) is 23.0 Å². The van der Waals surface area contributed by atoms with Gasteiger partial charge in [-0.05, 0) is 44.1 Å². The minimum atomic E-state index is -0.353. The van der Waals surface area contributed by atoms with Gasteiger partial charge in [-0.15, -0.1) is 5.10 Å². The quantitative estimate of drug-likeness (QED) is 0.611. The molecular weight excluding hydrogens is 319 g/mol. The van der Waals surface area contributed by atoms with E-state index >= 15 is 0 Å². The van der Waals surface area contributed by atoms with Crippen LogP contribution in [0.5, 0.6) is 0 Å². The highest BCUT2D eigenvalue weighted by Crippen LogP contribution is 2.27. The van der Waals surface area contributed by atoms with Crippen LogP contribution in [0, 0.1) is 5.82 Å². The van der Waals surface area contributed by atoms with Crippen molar-refractivity contribution in [2.45, 2.75) is 18.8 Å². The molecule has 0 saturated carbocycles. The van der Waals surface area contributed by atoms with E-state index in [1.165, 1.54) is 6.07 Å². The van der Waals surface area contributed by atoms with Crippen molar-refractivity contribution in [2.24, 2.45) is 0 Å². The second-order valence-corrected chi connectivity index (χ2v) is 6.46. The maximum absolute atomic E-state index is 14.6. The van der Waals surface area contributed by atoms with Crippen molar-refractivity contribution < 1.29 is 4.39 Å². The maximum Gasteiger partial charge on any atom is 0.181 e. The molecule has 5 rings (SSSR count). The number of fused-ring (bicyclic) bond motifs is 2. The molecule has 0 aliphatic carbocycles. The van der Waals surface area contributed by atoms with E-state index in [1.54, 1.807) is 15.1 Å². The third-order valence-electron chi connectivity index (χ3n) is 4.82. The number of rotatable bonds is 2. The van der Waals surface area contributed by atoms with E-state index in [9.17, 15) is 4.39 Å². The standard InChI is InChI=1S/C18H17FN6/c19-15-8-13(17-21-9-14-2-1-7-25(14)23-17)10-24-11-16(22-18(15)24)12-3-5-20-6-4-12/h1-2,7-12,20H,3-6H2. The molecule has 0 atom stereocenters. The molecule has 0 aromatic carbocycles. The third kappa shape index (κ3) is 2.47. The van der Waals surface area contributed by atoms with Crippen LogP contribution >= 0.6 is 0 Å². The fourth-order valence-corrected chi connectivity index (χ4v) is 3.48. The molecule has 0 spiro atoms. The van der Waals surface area contributed by atoms with E-state index < -0.39 is 0 Å². The number of hydrogen-bond acceptors (Lipinski definition) is 4. The summed E-state index contributed by atoms with van der Waals surface area (Å²) in [5.74, 6) is 0.520. The average molecular weight is 336 g/mol. The van der Waals surface area contributed by atoms with Crippen molar-refractivity contribution in [1.82, 2.24) is 29.3 Å². The SMILES string of the molecule is Fc1cc(-c2ncc3cccn3n2)cn2cc(C3CCNCC3)nc12. The fraction of sp³-hybridized carbons (Fsp3) is 0.278. The summed E-state index contributed by atoms with van der Waals surface area (Å²) < 4.78 is 18.1. The summed E-state index contributed by atoms with van der Waals surface area (Å²) in [6.45, 7) is 1.97. The molecule has 1 N–H and O–H groups in total. The van der Waals surface area contributed by atoms with Crippen molar-refractivity contribution >= 4 is 11.2 Å². The van der Waals surface area contributed by atoms with Crippen LogP contribution in [0.15, 0.2) is 43.0 Å². The normalized spacial score (nSPS) is 16.0. The monoisotopic (exact) mass is 336 g/mol. The highest BCUT2D eigenvalue weighted by molar-refractivity contribution is 5.59. The van der Waals surface area contributed by atoms with Crippen LogP contribution in [0.1, 0.15) is 24.5 Å². The Kier molecular flexibility index (Phi) is 3.27. The molecule has 1 fully saturated rings. The van der Waals surface area contributed by atoms with Crippen LogP contribution in [0.2, 0.25) is 0 Å². The van der Waals surface area contributed by atoms with Gasteiger partial charge in [0.2, 0.25) is 0 Å². The number of halogens is 1. The lowest BCUT2D eigenvalue weighted by Gasteiger charge is -2.20. The Hall–Kier alpha value is -2.80. The van der Waals surface area contributed by atoms with Crippen molar-refractivity contribution in [2.75, 3.05) is 13.1 Å². The predicted molar refractivity (Wildman–Crippen MR) is 92.0 cm³/mol. The Labute approximate surface area is 143 Å². The summed E-state index contributed by atoms with van der Waals surface area (Å²) in [4.78, 5) is 8.88. The first-order chi connectivity index (χ1) is 12.3. The number of aromatic nitrogens is 5. The van der Waals surface area contributed by atoms with Gasteiger partial charge in [0.05, 0.1) is 17.4 Å². The van der Waals surface area contributed by atoms with Gasteiger partial charge in [0.25, 0.3) is 0 Å². The fourth-order valence-electron chi connectivity index (χ4n) is 3.48. The van der Waals surface area contributed by atoms with Gasteiger partial charge in [-0.1, -0.05) is 0 Å². The Balaban J connectivity index is 1.59.